The fourth-order valence-corrected chi connectivity index (χ4v) is 2.85. The van der Waals surface area contributed by atoms with Gasteiger partial charge in [-0.05, 0) is 36.6 Å². The molecular weight excluding hydrogens is 356 g/mol. The molecule has 1 aliphatic heterocycles. The highest BCUT2D eigenvalue weighted by atomic mass is 79.9. The van der Waals surface area contributed by atoms with E-state index >= 15 is 0 Å². The predicted molar refractivity (Wildman–Crippen MR) is 97.7 cm³/mol. The van der Waals surface area contributed by atoms with Crippen molar-refractivity contribution < 1.29 is 9.53 Å². The maximum Gasteiger partial charge on any atom is 0.230 e. The zero-order valence-electron chi connectivity index (χ0n) is 14.5. The molecule has 1 aromatic rings. The number of rotatable bonds is 5. The second-order valence-corrected chi connectivity index (χ2v) is 7.64. The normalized spacial score (nSPS) is 16.4. The molecule has 0 atom stereocenters. The molecule has 0 bridgehead atoms. The van der Waals surface area contributed by atoms with Crippen LogP contribution in [-0.4, -0.2) is 37.1 Å². The van der Waals surface area contributed by atoms with Crippen molar-refractivity contribution in [3.8, 4) is 0 Å². The molecule has 1 saturated heterocycles. The van der Waals surface area contributed by atoms with Crippen LogP contribution in [0.2, 0.25) is 0 Å². The molecule has 23 heavy (non-hydrogen) atoms. The van der Waals surface area contributed by atoms with Crippen LogP contribution in [0.3, 0.4) is 0 Å². The number of benzene rings is 1. The van der Waals surface area contributed by atoms with E-state index in [9.17, 15) is 4.79 Å². The Balaban J connectivity index is 2.16. The minimum Gasteiger partial charge on any atom is -0.379 e. The molecular formula is C18H27BrN2O2. The Hall–Kier alpha value is -0.910. The van der Waals surface area contributed by atoms with E-state index in [-0.39, 0.29) is 11.3 Å². The van der Waals surface area contributed by atoms with Crippen LogP contribution >= 0.6 is 15.9 Å². The summed E-state index contributed by atoms with van der Waals surface area (Å²) in [7, 11) is 0. The molecule has 0 aliphatic carbocycles. The zero-order valence-corrected chi connectivity index (χ0v) is 16.1. The molecule has 2 rings (SSSR count). The van der Waals surface area contributed by atoms with E-state index in [2.05, 4.69) is 39.1 Å². The van der Waals surface area contributed by atoms with Gasteiger partial charge in [-0.15, -0.1) is 0 Å². The molecule has 0 aromatic heterocycles. The first kappa shape index (κ1) is 18.4. The summed E-state index contributed by atoms with van der Waals surface area (Å²) in [5.74, 6) is 0.0686. The summed E-state index contributed by atoms with van der Waals surface area (Å²) in [6, 6.07) is 4.10. The molecule has 0 spiro atoms. The van der Waals surface area contributed by atoms with Gasteiger partial charge in [-0.2, -0.15) is 0 Å². The highest BCUT2D eigenvalue weighted by molar-refractivity contribution is 9.10. The lowest BCUT2D eigenvalue weighted by Gasteiger charge is -2.27. The largest absolute Gasteiger partial charge is 0.379 e. The summed E-state index contributed by atoms with van der Waals surface area (Å²) in [6.07, 6.45) is 0.814. The number of hydrogen-bond acceptors (Lipinski definition) is 3. The topological polar surface area (TPSA) is 41.6 Å². The van der Waals surface area contributed by atoms with E-state index < -0.39 is 0 Å². The molecule has 1 amide bonds. The summed E-state index contributed by atoms with van der Waals surface area (Å²) in [6.45, 7) is 12.4. The Labute approximate surface area is 147 Å². The second-order valence-electron chi connectivity index (χ2n) is 6.85. The first-order valence-electron chi connectivity index (χ1n) is 8.24. The van der Waals surface area contributed by atoms with Gasteiger partial charge in [0.2, 0.25) is 5.91 Å². The first-order chi connectivity index (χ1) is 10.8. The van der Waals surface area contributed by atoms with Gasteiger partial charge in [-0.25, -0.2) is 0 Å². The maximum absolute atomic E-state index is 12.4. The van der Waals surface area contributed by atoms with E-state index in [1.165, 1.54) is 5.56 Å². The molecule has 5 heteroatoms. The third-order valence-electron chi connectivity index (χ3n) is 4.58. The lowest BCUT2D eigenvalue weighted by atomic mass is 9.89. The minimum atomic E-state index is -0.356. The first-order valence-corrected chi connectivity index (χ1v) is 9.03. The Morgan fingerprint density at radius 3 is 2.61 bits per heavy atom. The fourth-order valence-electron chi connectivity index (χ4n) is 2.49. The van der Waals surface area contributed by atoms with Gasteiger partial charge in [0.15, 0.2) is 0 Å². The van der Waals surface area contributed by atoms with E-state index in [1.807, 2.05) is 26.8 Å². The number of hydrogen-bond donors (Lipinski definition) is 1. The standard InChI is InChI=1S/C18H27BrN2O2/c1-5-18(3,4)17(22)20-15-10-13(2)16(19)14(11-15)12-21-6-8-23-9-7-21/h10-11H,5-9,12H2,1-4H3,(H,20,22). The summed E-state index contributed by atoms with van der Waals surface area (Å²) in [4.78, 5) is 14.8. The van der Waals surface area contributed by atoms with Crippen LogP contribution in [0.15, 0.2) is 16.6 Å². The molecule has 0 radical (unpaired) electrons. The van der Waals surface area contributed by atoms with Gasteiger partial charge in [0.05, 0.1) is 13.2 Å². The van der Waals surface area contributed by atoms with E-state index in [0.29, 0.717) is 0 Å². The van der Waals surface area contributed by atoms with E-state index in [4.69, 9.17) is 4.74 Å². The lowest BCUT2D eigenvalue weighted by Crippen LogP contribution is -2.35. The number of amides is 1. The summed E-state index contributed by atoms with van der Waals surface area (Å²) in [5.41, 5.74) is 2.86. The Morgan fingerprint density at radius 2 is 2.00 bits per heavy atom. The Kier molecular flexibility index (Phi) is 6.23. The SMILES string of the molecule is CCC(C)(C)C(=O)Nc1cc(C)c(Br)c(CN2CCOCC2)c1. The number of aryl methyl sites for hydroxylation is 1. The number of nitrogens with one attached hydrogen (secondary N) is 1. The third-order valence-corrected chi connectivity index (χ3v) is 5.72. The number of morpholine rings is 1. The highest BCUT2D eigenvalue weighted by Crippen LogP contribution is 2.29. The summed E-state index contributed by atoms with van der Waals surface area (Å²) < 4.78 is 6.53. The van der Waals surface area contributed by atoms with Crippen LogP contribution in [-0.2, 0) is 16.1 Å². The zero-order chi connectivity index (χ0) is 17.0. The maximum atomic E-state index is 12.4. The van der Waals surface area contributed by atoms with Gasteiger partial charge in [-0.3, -0.25) is 9.69 Å². The van der Waals surface area contributed by atoms with Crippen molar-refractivity contribution in [1.29, 1.82) is 0 Å². The molecule has 1 heterocycles. The predicted octanol–water partition coefficient (Wildman–Crippen LogP) is 3.96. The fraction of sp³-hybridized carbons (Fsp3) is 0.611. The van der Waals surface area contributed by atoms with Gasteiger partial charge in [0.1, 0.15) is 0 Å². The number of anilines is 1. The van der Waals surface area contributed by atoms with Crippen molar-refractivity contribution in [3.05, 3.63) is 27.7 Å². The van der Waals surface area contributed by atoms with Crippen molar-refractivity contribution in [3.63, 3.8) is 0 Å². The van der Waals surface area contributed by atoms with Crippen molar-refractivity contribution in [2.75, 3.05) is 31.6 Å². The molecule has 1 fully saturated rings. The number of carbonyl (C=O) groups is 1. The summed E-state index contributed by atoms with van der Waals surface area (Å²) in [5, 5.41) is 3.08. The molecule has 1 N–H and O–H groups in total. The molecule has 128 valence electrons. The van der Waals surface area contributed by atoms with Crippen molar-refractivity contribution >= 4 is 27.5 Å². The number of carbonyl (C=O) groups excluding carboxylic acids is 1. The quantitative estimate of drug-likeness (QED) is 0.837. The van der Waals surface area contributed by atoms with E-state index in [0.717, 1.165) is 55.0 Å². The smallest absolute Gasteiger partial charge is 0.230 e. The number of nitrogens with zero attached hydrogens (tertiary/aromatic N) is 1. The third kappa shape index (κ3) is 4.78. The highest BCUT2D eigenvalue weighted by Gasteiger charge is 2.25. The molecule has 1 aromatic carbocycles. The van der Waals surface area contributed by atoms with Crippen LogP contribution in [0.5, 0.6) is 0 Å². The Morgan fingerprint density at radius 1 is 1.35 bits per heavy atom. The average molecular weight is 383 g/mol. The van der Waals surface area contributed by atoms with Crippen LogP contribution in [0.1, 0.15) is 38.3 Å². The molecule has 0 saturated carbocycles. The van der Waals surface area contributed by atoms with E-state index in [1.54, 1.807) is 0 Å². The molecule has 4 nitrogen and oxygen atoms in total. The molecule has 1 aliphatic rings. The van der Waals surface area contributed by atoms with Crippen LogP contribution < -0.4 is 5.32 Å². The number of halogens is 1. The van der Waals surface area contributed by atoms with Gasteiger partial charge in [0.25, 0.3) is 0 Å². The van der Waals surface area contributed by atoms with Gasteiger partial charge < -0.3 is 10.1 Å². The van der Waals surface area contributed by atoms with Crippen LogP contribution in [0.25, 0.3) is 0 Å². The number of ether oxygens (including phenoxy) is 1. The van der Waals surface area contributed by atoms with Gasteiger partial charge in [0, 0.05) is 35.2 Å². The van der Waals surface area contributed by atoms with Crippen LogP contribution in [0.4, 0.5) is 5.69 Å². The van der Waals surface area contributed by atoms with Crippen molar-refractivity contribution in [2.45, 2.75) is 40.7 Å². The lowest BCUT2D eigenvalue weighted by molar-refractivity contribution is -0.124. The van der Waals surface area contributed by atoms with Crippen molar-refractivity contribution in [1.82, 2.24) is 4.90 Å². The minimum absolute atomic E-state index is 0.0686. The summed E-state index contributed by atoms with van der Waals surface area (Å²) >= 11 is 3.69. The Bertz CT molecular complexity index is 566. The molecule has 0 unspecified atom stereocenters. The van der Waals surface area contributed by atoms with Gasteiger partial charge in [-0.1, -0.05) is 36.7 Å². The van der Waals surface area contributed by atoms with Crippen molar-refractivity contribution in [2.24, 2.45) is 5.41 Å². The van der Waals surface area contributed by atoms with Crippen LogP contribution in [0, 0.1) is 12.3 Å². The monoisotopic (exact) mass is 382 g/mol. The average Bonchev–Trinajstić information content (AvgIpc) is 2.53. The van der Waals surface area contributed by atoms with Gasteiger partial charge >= 0.3 is 0 Å². The second kappa shape index (κ2) is 7.77.